The van der Waals surface area contributed by atoms with Crippen LogP contribution in [0.4, 0.5) is 4.39 Å². The molecule has 1 fully saturated rings. The molecule has 1 aliphatic rings. The van der Waals surface area contributed by atoms with E-state index in [9.17, 15) is 14.3 Å². The summed E-state index contributed by atoms with van der Waals surface area (Å²) in [5.41, 5.74) is 4.91. The molecule has 46 heavy (non-hydrogen) atoms. The fraction of sp³-hybridized carbons (Fsp3) is 0.294. The first kappa shape index (κ1) is 31.7. The normalized spacial score (nSPS) is 15.8. The van der Waals surface area contributed by atoms with E-state index in [1.54, 1.807) is 36.4 Å². The van der Waals surface area contributed by atoms with Gasteiger partial charge >= 0.3 is 5.97 Å². The van der Waals surface area contributed by atoms with Gasteiger partial charge in [-0.1, -0.05) is 43.1 Å². The second kappa shape index (κ2) is 12.5. The number of ether oxygens (including phenoxy) is 3. The Bertz CT molecular complexity index is 1980. The number of benzene rings is 2. The van der Waals surface area contributed by atoms with Crippen molar-refractivity contribution in [2.75, 3.05) is 20.3 Å². The van der Waals surface area contributed by atoms with E-state index in [1.807, 2.05) is 13.0 Å². The Morgan fingerprint density at radius 2 is 1.93 bits per heavy atom. The number of aryl methyl sites for hydroxylation is 1. The lowest BCUT2D eigenvalue weighted by molar-refractivity contribution is 0.0697. The molecule has 0 spiro atoms. The molecule has 5 aromatic rings. The van der Waals surface area contributed by atoms with Crippen LogP contribution in [0.2, 0.25) is 10.2 Å². The zero-order chi connectivity index (χ0) is 32.7. The van der Waals surface area contributed by atoms with Crippen molar-refractivity contribution < 1.29 is 28.5 Å². The Morgan fingerprint density at radius 1 is 1.13 bits per heavy atom. The molecule has 1 N–H and O–H groups in total. The molecule has 6 rings (SSSR count). The van der Waals surface area contributed by atoms with Crippen LogP contribution in [0.5, 0.6) is 11.6 Å². The smallest absolute Gasteiger partial charge is 0.335 e. The fourth-order valence-corrected chi connectivity index (χ4v) is 6.19. The van der Waals surface area contributed by atoms with E-state index in [1.165, 1.54) is 19.4 Å². The van der Waals surface area contributed by atoms with Crippen LogP contribution in [0, 0.1) is 18.2 Å². The van der Waals surface area contributed by atoms with E-state index < -0.39 is 11.8 Å². The highest BCUT2D eigenvalue weighted by molar-refractivity contribution is 6.31. The lowest BCUT2D eigenvalue weighted by Crippen LogP contribution is -2.27. The Kier molecular flexibility index (Phi) is 8.62. The third-order valence-electron chi connectivity index (χ3n) is 8.30. The third kappa shape index (κ3) is 6.12. The molecule has 12 heteroatoms. The largest absolute Gasteiger partial charge is 0.496 e. The summed E-state index contributed by atoms with van der Waals surface area (Å²) >= 11 is 12.8. The van der Waals surface area contributed by atoms with Gasteiger partial charge < -0.3 is 23.9 Å². The van der Waals surface area contributed by atoms with Gasteiger partial charge in [0.2, 0.25) is 0 Å². The van der Waals surface area contributed by atoms with Gasteiger partial charge in [-0.25, -0.2) is 24.1 Å². The number of fused-ring (bicyclic) bond motifs is 1. The van der Waals surface area contributed by atoms with E-state index in [4.69, 9.17) is 42.4 Å². The molecule has 1 unspecified atom stereocenters. The molecule has 3 aromatic heterocycles. The van der Waals surface area contributed by atoms with E-state index in [0.717, 1.165) is 22.5 Å². The van der Waals surface area contributed by atoms with Crippen molar-refractivity contribution >= 4 is 40.2 Å². The number of hydrogen-bond acceptors (Lipinski definition) is 7. The van der Waals surface area contributed by atoms with Crippen LogP contribution in [0.25, 0.3) is 22.3 Å². The number of aromatic nitrogens is 4. The van der Waals surface area contributed by atoms with Crippen molar-refractivity contribution in [2.45, 2.75) is 39.8 Å². The van der Waals surface area contributed by atoms with E-state index in [2.05, 4.69) is 28.4 Å². The average molecular weight is 666 g/mol. The molecule has 238 valence electrons. The third-order valence-corrected chi connectivity index (χ3v) is 8.86. The van der Waals surface area contributed by atoms with Gasteiger partial charge in [-0.3, -0.25) is 0 Å². The monoisotopic (exact) mass is 664 g/mol. The maximum Gasteiger partial charge on any atom is 0.335 e. The van der Waals surface area contributed by atoms with Crippen LogP contribution in [0.3, 0.4) is 0 Å². The minimum absolute atomic E-state index is 0.0306. The number of nitrogens with zero attached hydrogens (tertiary/aromatic N) is 4. The Balaban J connectivity index is 1.32. The number of aromatic carboxylic acids is 1. The molecular formula is C34H31Cl2FN4O5. The summed E-state index contributed by atoms with van der Waals surface area (Å²) in [4.78, 5) is 25.2. The summed E-state index contributed by atoms with van der Waals surface area (Å²) in [5.74, 6) is -0.580. The van der Waals surface area contributed by atoms with Crippen LogP contribution >= 0.6 is 23.2 Å². The Labute approximate surface area is 274 Å². The maximum atomic E-state index is 14.8. The van der Waals surface area contributed by atoms with Crippen molar-refractivity contribution in [1.29, 1.82) is 0 Å². The highest BCUT2D eigenvalue weighted by Gasteiger charge is 2.39. The maximum absolute atomic E-state index is 14.8. The van der Waals surface area contributed by atoms with Gasteiger partial charge in [0, 0.05) is 40.2 Å². The predicted octanol–water partition coefficient (Wildman–Crippen LogP) is 7.72. The number of hydrogen-bond donors (Lipinski definition) is 1. The number of methoxy groups -OCH3 is 1. The molecule has 0 radical (unpaired) electrons. The minimum atomic E-state index is -1.00. The number of carboxylic acid groups (broad SMARTS) is 1. The molecule has 1 atom stereocenters. The van der Waals surface area contributed by atoms with Crippen LogP contribution in [0.15, 0.2) is 54.7 Å². The molecule has 0 amide bonds. The topological polar surface area (TPSA) is 109 Å². The van der Waals surface area contributed by atoms with Gasteiger partial charge in [0.25, 0.3) is 5.88 Å². The molecular weight excluding hydrogens is 634 g/mol. The lowest BCUT2D eigenvalue weighted by atomic mass is 9.87. The van der Waals surface area contributed by atoms with Crippen molar-refractivity contribution in [1.82, 2.24) is 19.5 Å². The SMILES string of the molecule is COc1cc(Cl)ncc1COc1nc(-c2cc(Cl)c(Cc3nc4ccc(C(=O)O)cc4n3C3COCC3(C)C)cc2C)ccc1F. The second-order valence-corrected chi connectivity index (χ2v) is 12.7. The van der Waals surface area contributed by atoms with E-state index in [-0.39, 0.29) is 34.7 Å². The first-order valence-electron chi connectivity index (χ1n) is 14.5. The van der Waals surface area contributed by atoms with Crippen molar-refractivity contribution in [3.63, 3.8) is 0 Å². The average Bonchev–Trinajstić information content (AvgIpc) is 3.55. The van der Waals surface area contributed by atoms with Gasteiger partial charge in [-0.2, -0.15) is 0 Å². The molecule has 0 bridgehead atoms. The van der Waals surface area contributed by atoms with Gasteiger partial charge in [0.1, 0.15) is 23.3 Å². The zero-order valence-electron chi connectivity index (χ0n) is 25.6. The molecule has 2 aromatic carbocycles. The summed E-state index contributed by atoms with van der Waals surface area (Å²) in [6, 6.07) is 13.1. The standard InChI is InChI=1S/C34H31Cl2FN4O5/c1-18-9-20(11-31-39-26-7-5-19(33(42)43)10-27(26)41(31)29-16-45-17-34(29,2)3)23(35)12-22(18)25-8-6-24(37)32(40-25)46-15-21-14-38-30(36)13-28(21)44-4/h5-10,12-14,29H,11,15-17H2,1-4H3,(H,42,43). The van der Waals surface area contributed by atoms with Gasteiger partial charge in [-0.15, -0.1) is 0 Å². The number of imidazole rings is 1. The first-order valence-corrected chi connectivity index (χ1v) is 15.3. The van der Waals surface area contributed by atoms with Crippen molar-refractivity contribution in [3.05, 3.63) is 98.8 Å². The summed E-state index contributed by atoms with van der Waals surface area (Å²) in [5, 5.41) is 10.4. The highest BCUT2D eigenvalue weighted by atomic mass is 35.5. The van der Waals surface area contributed by atoms with E-state index in [0.29, 0.717) is 52.7 Å². The van der Waals surface area contributed by atoms with Crippen molar-refractivity contribution in [2.24, 2.45) is 5.41 Å². The van der Waals surface area contributed by atoms with E-state index >= 15 is 0 Å². The summed E-state index contributed by atoms with van der Waals surface area (Å²) in [7, 11) is 1.50. The molecule has 9 nitrogen and oxygen atoms in total. The van der Waals surface area contributed by atoms with Crippen LogP contribution < -0.4 is 9.47 Å². The number of rotatable bonds is 9. The highest BCUT2D eigenvalue weighted by Crippen LogP contribution is 2.41. The summed E-state index contributed by atoms with van der Waals surface area (Å²) in [6.45, 7) is 7.21. The van der Waals surface area contributed by atoms with Crippen molar-refractivity contribution in [3.8, 4) is 22.9 Å². The number of carbonyl (C=O) groups is 1. The Hall–Kier alpha value is -4.25. The first-order chi connectivity index (χ1) is 21.9. The van der Waals surface area contributed by atoms with Crippen LogP contribution in [-0.4, -0.2) is 50.9 Å². The number of carboxylic acids is 1. The van der Waals surface area contributed by atoms with Crippen LogP contribution in [-0.2, 0) is 17.8 Å². The molecule has 4 heterocycles. The van der Waals surface area contributed by atoms with Gasteiger partial charge in [-0.05, 0) is 54.4 Å². The van der Waals surface area contributed by atoms with Gasteiger partial charge in [0.15, 0.2) is 5.82 Å². The molecule has 1 saturated heterocycles. The fourth-order valence-electron chi connectivity index (χ4n) is 5.81. The van der Waals surface area contributed by atoms with Crippen LogP contribution in [0.1, 0.15) is 52.8 Å². The summed E-state index contributed by atoms with van der Waals surface area (Å²) < 4.78 is 33.8. The molecule has 0 aliphatic carbocycles. The minimum Gasteiger partial charge on any atom is -0.496 e. The predicted molar refractivity (Wildman–Crippen MR) is 173 cm³/mol. The Morgan fingerprint density at radius 3 is 2.65 bits per heavy atom. The van der Waals surface area contributed by atoms with Gasteiger partial charge in [0.05, 0.1) is 48.7 Å². The molecule has 0 saturated carbocycles. The zero-order valence-corrected chi connectivity index (χ0v) is 27.1. The molecule has 1 aliphatic heterocycles. The summed E-state index contributed by atoms with van der Waals surface area (Å²) in [6.07, 6.45) is 1.90. The second-order valence-electron chi connectivity index (χ2n) is 12.0. The number of halogens is 3. The quantitative estimate of drug-likeness (QED) is 0.160. The lowest BCUT2D eigenvalue weighted by Gasteiger charge is -2.28. The number of pyridine rings is 2.